The second-order valence-corrected chi connectivity index (χ2v) is 7.66. The van der Waals surface area contributed by atoms with Gasteiger partial charge in [-0.15, -0.1) is 0 Å². The lowest BCUT2D eigenvalue weighted by Gasteiger charge is -2.18. The highest BCUT2D eigenvalue weighted by Crippen LogP contribution is 2.30. The van der Waals surface area contributed by atoms with Gasteiger partial charge in [0.05, 0.1) is 10.7 Å². The number of halogens is 2. The molecule has 0 amide bonds. The lowest BCUT2D eigenvalue weighted by molar-refractivity contribution is 0.618. The summed E-state index contributed by atoms with van der Waals surface area (Å²) in [6.07, 6.45) is 1.86. The van der Waals surface area contributed by atoms with Gasteiger partial charge in [-0.1, -0.05) is 57.5 Å². The van der Waals surface area contributed by atoms with Crippen molar-refractivity contribution >= 4 is 40.4 Å². The van der Waals surface area contributed by atoms with Gasteiger partial charge in [0.25, 0.3) is 0 Å². The fourth-order valence-electron chi connectivity index (χ4n) is 2.42. The number of hydrogen-bond acceptors (Lipinski definition) is 3. The third kappa shape index (κ3) is 5.38. The molecule has 1 aromatic carbocycles. The molecule has 0 saturated carbocycles. The molecule has 0 spiro atoms. The van der Waals surface area contributed by atoms with Gasteiger partial charge in [0.2, 0.25) is 0 Å². The molecule has 0 bridgehead atoms. The van der Waals surface area contributed by atoms with Crippen LogP contribution >= 0.6 is 23.2 Å². The molecule has 0 atom stereocenters. The van der Waals surface area contributed by atoms with Crippen LogP contribution in [-0.4, -0.2) is 11.5 Å². The first-order valence-corrected chi connectivity index (χ1v) is 9.18. The van der Waals surface area contributed by atoms with Crippen molar-refractivity contribution in [3.8, 4) is 0 Å². The van der Waals surface area contributed by atoms with E-state index in [0.29, 0.717) is 21.9 Å². The number of pyridine rings is 1. The molecule has 0 unspecified atom stereocenters. The monoisotopic (exact) mass is 377 g/mol. The smallest absolute Gasteiger partial charge is 0.130 e. The normalized spacial score (nSPS) is 11.0. The molecule has 3 nitrogen and oxygen atoms in total. The van der Waals surface area contributed by atoms with Gasteiger partial charge >= 0.3 is 0 Å². The minimum absolute atomic E-state index is 0.344. The van der Waals surface area contributed by atoms with Crippen LogP contribution in [0.25, 0.3) is 5.70 Å². The van der Waals surface area contributed by atoms with E-state index in [1.54, 1.807) is 12.1 Å². The molecule has 1 heterocycles. The van der Waals surface area contributed by atoms with E-state index >= 15 is 0 Å². The van der Waals surface area contributed by atoms with E-state index < -0.39 is 0 Å². The Morgan fingerprint density at radius 1 is 1.16 bits per heavy atom. The van der Waals surface area contributed by atoms with Gasteiger partial charge in [0, 0.05) is 29.0 Å². The molecule has 0 aliphatic rings. The molecule has 0 aliphatic heterocycles. The largest absolute Gasteiger partial charge is 0.385 e. The van der Waals surface area contributed by atoms with Crippen molar-refractivity contribution in [3.05, 3.63) is 58.2 Å². The van der Waals surface area contributed by atoms with E-state index in [1.165, 1.54) is 5.56 Å². The van der Waals surface area contributed by atoms with Crippen LogP contribution in [0.4, 0.5) is 11.5 Å². The minimum Gasteiger partial charge on any atom is -0.385 e. The minimum atomic E-state index is 0.344. The first-order chi connectivity index (χ1) is 11.8. The SMILES string of the molecule is C=C(NCC(C)C)c1cnc(Nc2ccc(Cl)cc2Cl)cc1C(C)C. The summed E-state index contributed by atoms with van der Waals surface area (Å²) >= 11 is 12.2. The highest BCUT2D eigenvalue weighted by atomic mass is 35.5. The Hall–Kier alpha value is -1.71. The molecule has 2 rings (SSSR count). The second-order valence-electron chi connectivity index (χ2n) is 6.81. The summed E-state index contributed by atoms with van der Waals surface area (Å²) in [6.45, 7) is 13.7. The van der Waals surface area contributed by atoms with Crippen LogP contribution in [-0.2, 0) is 0 Å². The number of nitrogens with one attached hydrogen (secondary N) is 2. The topological polar surface area (TPSA) is 37.0 Å². The molecule has 2 N–H and O–H groups in total. The van der Waals surface area contributed by atoms with Gasteiger partial charge in [-0.05, 0) is 41.7 Å². The molecule has 2 aromatic rings. The first kappa shape index (κ1) is 19.6. The quantitative estimate of drug-likeness (QED) is 0.580. The van der Waals surface area contributed by atoms with Crippen molar-refractivity contribution < 1.29 is 0 Å². The summed E-state index contributed by atoms with van der Waals surface area (Å²) in [5.41, 5.74) is 3.91. The van der Waals surface area contributed by atoms with Crippen molar-refractivity contribution in [2.45, 2.75) is 33.6 Å². The lowest BCUT2D eigenvalue weighted by atomic mass is 9.97. The number of nitrogens with zero attached hydrogens (tertiary/aromatic N) is 1. The Morgan fingerprint density at radius 3 is 2.48 bits per heavy atom. The average molecular weight is 378 g/mol. The highest BCUT2D eigenvalue weighted by molar-refractivity contribution is 6.36. The molecule has 0 aliphatic carbocycles. The first-order valence-electron chi connectivity index (χ1n) is 8.43. The van der Waals surface area contributed by atoms with Crippen LogP contribution in [0.5, 0.6) is 0 Å². The van der Waals surface area contributed by atoms with Crippen molar-refractivity contribution in [2.24, 2.45) is 5.92 Å². The molecule has 0 saturated heterocycles. The Labute approximate surface area is 160 Å². The van der Waals surface area contributed by atoms with E-state index in [0.717, 1.165) is 29.3 Å². The van der Waals surface area contributed by atoms with E-state index in [-0.39, 0.29) is 0 Å². The van der Waals surface area contributed by atoms with Gasteiger partial charge in [0.1, 0.15) is 5.82 Å². The zero-order valence-electron chi connectivity index (χ0n) is 15.2. The molecule has 1 aromatic heterocycles. The molecule has 25 heavy (non-hydrogen) atoms. The van der Waals surface area contributed by atoms with E-state index in [4.69, 9.17) is 23.2 Å². The predicted octanol–water partition coefficient (Wildman–Crippen LogP) is 6.47. The summed E-state index contributed by atoms with van der Waals surface area (Å²) in [5.74, 6) is 1.64. The van der Waals surface area contributed by atoms with Gasteiger partial charge in [-0.25, -0.2) is 4.98 Å². The number of anilines is 2. The number of rotatable bonds is 7. The Morgan fingerprint density at radius 2 is 1.88 bits per heavy atom. The molecule has 0 radical (unpaired) electrons. The zero-order valence-corrected chi connectivity index (χ0v) is 16.7. The van der Waals surface area contributed by atoms with Gasteiger partial charge in [0.15, 0.2) is 0 Å². The number of hydrogen-bond donors (Lipinski definition) is 2. The zero-order chi connectivity index (χ0) is 18.6. The second kappa shape index (κ2) is 8.59. The lowest BCUT2D eigenvalue weighted by Crippen LogP contribution is -2.18. The average Bonchev–Trinajstić information content (AvgIpc) is 2.55. The number of aromatic nitrogens is 1. The fraction of sp³-hybridized carbons (Fsp3) is 0.350. The van der Waals surface area contributed by atoms with Crippen LogP contribution in [0, 0.1) is 5.92 Å². The Kier molecular flexibility index (Phi) is 6.74. The van der Waals surface area contributed by atoms with Crippen molar-refractivity contribution in [1.29, 1.82) is 0 Å². The molecule has 134 valence electrons. The van der Waals surface area contributed by atoms with E-state index in [1.807, 2.05) is 18.3 Å². The van der Waals surface area contributed by atoms with Crippen LogP contribution < -0.4 is 10.6 Å². The molecule has 0 fully saturated rings. The predicted molar refractivity (Wildman–Crippen MR) is 110 cm³/mol. The summed E-state index contributed by atoms with van der Waals surface area (Å²) in [4.78, 5) is 4.53. The van der Waals surface area contributed by atoms with Crippen molar-refractivity contribution in [3.63, 3.8) is 0 Å². The van der Waals surface area contributed by atoms with E-state index in [9.17, 15) is 0 Å². The molecule has 5 heteroatoms. The maximum atomic E-state index is 6.24. The Balaban J connectivity index is 2.27. The van der Waals surface area contributed by atoms with Gasteiger partial charge < -0.3 is 10.6 Å². The fourth-order valence-corrected chi connectivity index (χ4v) is 2.88. The standard InChI is InChI=1S/C20H25Cl2N3/c1-12(2)10-23-14(5)17-11-24-20(9-16(17)13(3)4)25-19-7-6-15(21)8-18(19)22/h6-9,11-13,23H,5,10H2,1-4H3,(H,24,25). The Bertz CT molecular complexity index is 755. The number of benzene rings is 1. The van der Waals surface area contributed by atoms with Crippen LogP contribution in [0.2, 0.25) is 10.0 Å². The summed E-state index contributed by atoms with van der Waals surface area (Å²) in [7, 11) is 0. The van der Waals surface area contributed by atoms with Crippen LogP contribution in [0.3, 0.4) is 0 Å². The third-order valence-electron chi connectivity index (χ3n) is 3.80. The van der Waals surface area contributed by atoms with Gasteiger partial charge in [-0.2, -0.15) is 0 Å². The van der Waals surface area contributed by atoms with Crippen molar-refractivity contribution in [1.82, 2.24) is 10.3 Å². The molecular formula is C20H25Cl2N3. The summed E-state index contributed by atoms with van der Waals surface area (Å²) in [5, 5.41) is 7.82. The third-order valence-corrected chi connectivity index (χ3v) is 4.35. The summed E-state index contributed by atoms with van der Waals surface area (Å²) in [6, 6.07) is 7.40. The summed E-state index contributed by atoms with van der Waals surface area (Å²) < 4.78 is 0. The highest BCUT2D eigenvalue weighted by Gasteiger charge is 2.13. The van der Waals surface area contributed by atoms with Crippen molar-refractivity contribution in [2.75, 3.05) is 11.9 Å². The van der Waals surface area contributed by atoms with Gasteiger partial charge in [-0.3, -0.25) is 0 Å². The molecular weight excluding hydrogens is 353 g/mol. The van der Waals surface area contributed by atoms with Crippen LogP contribution in [0.1, 0.15) is 44.7 Å². The van der Waals surface area contributed by atoms with Crippen LogP contribution in [0.15, 0.2) is 37.0 Å². The maximum Gasteiger partial charge on any atom is 0.130 e. The maximum absolute atomic E-state index is 6.24. The van der Waals surface area contributed by atoms with E-state index in [2.05, 4.69) is 49.9 Å².